The number of ether oxygens (including phenoxy) is 1. The van der Waals surface area contributed by atoms with Gasteiger partial charge in [0, 0.05) is 13.2 Å². The Kier molecular flexibility index (Phi) is 39.5. The van der Waals surface area contributed by atoms with E-state index in [1.807, 2.05) is 0 Å². The van der Waals surface area contributed by atoms with Gasteiger partial charge in [0.1, 0.15) is 0 Å². The largest absolute Gasteiger partial charge is 0.412 e. The van der Waals surface area contributed by atoms with Gasteiger partial charge in [0.15, 0.2) is 0 Å². The summed E-state index contributed by atoms with van der Waals surface area (Å²) in [5.41, 5.74) is 0. The Labute approximate surface area is 179 Å². The zero-order chi connectivity index (χ0) is 20.3. The molecule has 0 unspecified atom stereocenters. The minimum Gasteiger partial charge on any atom is -0.412 e. The first-order valence-electron chi connectivity index (χ1n) is 12.5. The summed E-state index contributed by atoms with van der Waals surface area (Å²) in [4.78, 5) is 0. The Morgan fingerprint density at radius 3 is 0.857 bits per heavy atom. The van der Waals surface area contributed by atoms with E-state index in [2.05, 4.69) is 27.0 Å². The predicted molar refractivity (Wildman–Crippen MR) is 129 cm³/mol. The van der Waals surface area contributed by atoms with E-state index in [1.54, 1.807) is 0 Å². The Balaban J connectivity index is -0.00000201. The summed E-state index contributed by atoms with van der Waals surface area (Å²) < 4.78 is 5.78. The molecule has 2 heteroatoms. The quantitative estimate of drug-likeness (QED) is 0.132. The SMILES string of the molecule is C=C.CCCCCCCCCCCCOCCCCCCCCCCCC.O. The normalized spacial score (nSPS) is 10.2. The lowest BCUT2D eigenvalue weighted by atomic mass is 10.1. The molecular weight excluding hydrogens is 344 g/mol. The molecule has 0 aromatic heterocycles. The van der Waals surface area contributed by atoms with Crippen molar-refractivity contribution in [1.29, 1.82) is 0 Å². The maximum Gasteiger partial charge on any atom is 0.0466 e. The van der Waals surface area contributed by atoms with Crippen LogP contribution in [0.1, 0.15) is 142 Å². The van der Waals surface area contributed by atoms with Gasteiger partial charge in [0.05, 0.1) is 0 Å². The van der Waals surface area contributed by atoms with Crippen LogP contribution in [0, 0.1) is 0 Å². The zero-order valence-corrected chi connectivity index (χ0v) is 19.9. The molecule has 0 aliphatic rings. The van der Waals surface area contributed by atoms with Gasteiger partial charge in [-0.15, -0.1) is 13.2 Å². The van der Waals surface area contributed by atoms with Crippen molar-refractivity contribution in [1.82, 2.24) is 0 Å². The minimum atomic E-state index is 0. The van der Waals surface area contributed by atoms with Crippen LogP contribution in [0.4, 0.5) is 0 Å². The summed E-state index contributed by atoms with van der Waals surface area (Å²) in [5, 5.41) is 0. The van der Waals surface area contributed by atoms with Crippen molar-refractivity contribution in [3.63, 3.8) is 0 Å². The summed E-state index contributed by atoms with van der Waals surface area (Å²) in [6.07, 6.45) is 28.2. The van der Waals surface area contributed by atoms with Crippen LogP contribution in [-0.2, 0) is 4.74 Å². The van der Waals surface area contributed by atoms with Gasteiger partial charge in [-0.1, -0.05) is 129 Å². The molecule has 172 valence electrons. The van der Waals surface area contributed by atoms with Crippen molar-refractivity contribution in [2.75, 3.05) is 13.2 Å². The molecule has 0 aromatic carbocycles. The zero-order valence-electron chi connectivity index (χ0n) is 19.9. The second kappa shape index (κ2) is 34.2. The van der Waals surface area contributed by atoms with Gasteiger partial charge in [-0.2, -0.15) is 0 Å². The second-order valence-corrected chi connectivity index (χ2v) is 7.98. The predicted octanol–water partition coefficient (Wildman–Crippen LogP) is 8.82. The molecule has 0 radical (unpaired) electrons. The third-order valence-corrected chi connectivity index (χ3v) is 5.28. The third kappa shape index (κ3) is 33.3. The smallest absolute Gasteiger partial charge is 0.0466 e. The molecule has 0 atom stereocenters. The molecule has 28 heavy (non-hydrogen) atoms. The molecule has 0 fully saturated rings. The van der Waals surface area contributed by atoms with Crippen molar-refractivity contribution in [3.8, 4) is 0 Å². The fraction of sp³-hybridized carbons (Fsp3) is 0.923. The van der Waals surface area contributed by atoms with Gasteiger partial charge in [-0.25, -0.2) is 0 Å². The average molecular weight is 401 g/mol. The summed E-state index contributed by atoms with van der Waals surface area (Å²) in [6.45, 7) is 12.6. The van der Waals surface area contributed by atoms with E-state index >= 15 is 0 Å². The molecule has 0 rings (SSSR count). The van der Waals surface area contributed by atoms with Crippen LogP contribution in [0.15, 0.2) is 13.2 Å². The lowest BCUT2D eigenvalue weighted by Gasteiger charge is -2.05. The van der Waals surface area contributed by atoms with Crippen LogP contribution in [0.2, 0.25) is 0 Å². The molecule has 0 amide bonds. The van der Waals surface area contributed by atoms with Crippen molar-refractivity contribution in [2.45, 2.75) is 142 Å². The van der Waals surface area contributed by atoms with E-state index in [1.165, 1.54) is 128 Å². The first-order valence-corrected chi connectivity index (χ1v) is 12.5. The molecular formula is C26H56O2. The number of unbranched alkanes of at least 4 members (excludes halogenated alkanes) is 18. The van der Waals surface area contributed by atoms with E-state index < -0.39 is 0 Å². The van der Waals surface area contributed by atoms with E-state index in [-0.39, 0.29) is 5.48 Å². The maximum atomic E-state index is 5.78. The highest BCUT2D eigenvalue weighted by Crippen LogP contribution is 2.12. The Morgan fingerprint density at radius 1 is 0.393 bits per heavy atom. The third-order valence-electron chi connectivity index (χ3n) is 5.28. The van der Waals surface area contributed by atoms with Crippen LogP contribution >= 0.6 is 0 Å². The monoisotopic (exact) mass is 400 g/mol. The van der Waals surface area contributed by atoms with E-state index in [4.69, 9.17) is 4.74 Å². The molecule has 0 spiro atoms. The maximum absolute atomic E-state index is 5.78. The Morgan fingerprint density at radius 2 is 0.607 bits per heavy atom. The van der Waals surface area contributed by atoms with E-state index in [0.29, 0.717) is 0 Å². The van der Waals surface area contributed by atoms with Gasteiger partial charge in [0.2, 0.25) is 0 Å². The first kappa shape index (κ1) is 32.3. The summed E-state index contributed by atoms with van der Waals surface area (Å²) in [6, 6.07) is 0. The summed E-state index contributed by atoms with van der Waals surface area (Å²) in [5.74, 6) is 0. The molecule has 2 N–H and O–H groups in total. The van der Waals surface area contributed by atoms with Gasteiger partial charge in [-0.05, 0) is 12.8 Å². The van der Waals surface area contributed by atoms with Crippen molar-refractivity contribution < 1.29 is 10.2 Å². The van der Waals surface area contributed by atoms with Crippen LogP contribution in [-0.4, -0.2) is 18.7 Å². The standard InChI is InChI=1S/C24H50O.C2H4.H2O/c1-3-5-7-9-11-13-15-17-19-21-23-25-24-22-20-18-16-14-12-10-8-6-4-2;1-2;/h3-24H2,1-2H3;1-2H2;1H2. The molecule has 0 bridgehead atoms. The van der Waals surface area contributed by atoms with Crippen molar-refractivity contribution >= 4 is 0 Å². The Bertz CT molecular complexity index is 208. The van der Waals surface area contributed by atoms with Crippen molar-refractivity contribution in [2.24, 2.45) is 0 Å². The topological polar surface area (TPSA) is 40.7 Å². The van der Waals surface area contributed by atoms with Crippen LogP contribution in [0.5, 0.6) is 0 Å². The fourth-order valence-corrected chi connectivity index (χ4v) is 3.49. The van der Waals surface area contributed by atoms with Gasteiger partial charge in [0.25, 0.3) is 0 Å². The number of hydrogen-bond donors (Lipinski definition) is 0. The number of hydrogen-bond acceptors (Lipinski definition) is 1. The lowest BCUT2D eigenvalue weighted by molar-refractivity contribution is 0.125. The molecule has 0 saturated heterocycles. The summed E-state index contributed by atoms with van der Waals surface area (Å²) >= 11 is 0. The molecule has 0 aromatic rings. The number of rotatable bonds is 22. The van der Waals surface area contributed by atoms with Crippen LogP contribution in [0.3, 0.4) is 0 Å². The van der Waals surface area contributed by atoms with Gasteiger partial charge < -0.3 is 10.2 Å². The molecule has 0 heterocycles. The van der Waals surface area contributed by atoms with Gasteiger partial charge >= 0.3 is 0 Å². The second-order valence-electron chi connectivity index (χ2n) is 7.98. The molecule has 0 aliphatic heterocycles. The minimum absolute atomic E-state index is 0. The lowest BCUT2D eigenvalue weighted by Crippen LogP contribution is -1.97. The van der Waals surface area contributed by atoms with E-state index in [0.717, 1.165) is 13.2 Å². The fourth-order valence-electron chi connectivity index (χ4n) is 3.49. The van der Waals surface area contributed by atoms with Gasteiger partial charge in [-0.3, -0.25) is 0 Å². The van der Waals surface area contributed by atoms with Crippen molar-refractivity contribution in [3.05, 3.63) is 13.2 Å². The van der Waals surface area contributed by atoms with E-state index in [9.17, 15) is 0 Å². The first-order chi connectivity index (χ1) is 13.4. The highest BCUT2D eigenvalue weighted by molar-refractivity contribution is 4.49. The molecule has 0 saturated carbocycles. The molecule has 2 nitrogen and oxygen atoms in total. The summed E-state index contributed by atoms with van der Waals surface area (Å²) in [7, 11) is 0. The Hall–Kier alpha value is -0.340. The molecule has 0 aliphatic carbocycles. The average Bonchev–Trinajstić information content (AvgIpc) is 2.70. The highest BCUT2D eigenvalue weighted by atomic mass is 16.5. The highest BCUT2D eigenvalue weighted by Gasteiger charge is 1.95. The van der Waals surface area contributed by atoms with Crippen LogP contribution < -0.4 is 0 Å². The van der Waals surface area contributed by atoms with Crippen LogP contribution in [0.25, 0.3) is 0 Å².